The van der Waals surface area contributed by atoms with Gasteiger partial charge in [0, 0.05) is 0 Å². The Bertz CT molecular complexity index is 301. The second kappa shape index (κ2) is 8.97. The molecule has 0 aliphatic heterocycles. The Balaban J connectivity index is 0. The van der Waals surface area contributed by atoms with Crippen LogP contribution in [-0.4, -0.2) is 0 Å². The second-order valence-corrected chi connectivity index (χ2v) is 3.60. The molecule has 90 valence electrons. The molecule has 0 atom stereocenters. The van der Waals surface area contributed by atoms with Crippen LogP contribution >= 0.6 is 0 Å². The minimum absolute atomic E-state index is 0.367. The molecule has 1 heteroatoms. The maximum atomic E-state index is 8.87. The van der Waals surface area contributed by atoms with Gasteiger partial charge in [0.05, 0.1) is 11.5 Å². The summed E-state index contributed by atoms with van der Waals surface area (Å²) in [6.07, 6.45) is 0. The molecule has 0 radical (unpaired) electrons. The van der Waals surface area contributed by atoms with Crippen LogP contribution in [0, 0.1) is 18.3 Å². The van der Waals surface area contributed by atoms with Gasteiger partial charge in [-0.2, -0.15) is 5.26 Å². The lowest BCUT2D eigenvalue weighted by Gasteiger charge is -2.15. The molecular weight excluding hydrogens is 194 g/mol. The topological polar surface area (TPSA) is 23.8 Å². The zero-order chi connectivity index (χ0) is 13.2. The molecule has 0 saturated heterocycles. The third-order valence-corrected chi connectivity index (χ3v) is 2.05. The molecule has 0 N–H and O–H groups in total. The number of nitrogens with zero attached hydrogens (tertiary/aromatic N) is 1. The summed E-state index contributed by atoms with van der Waals surface area (Å²) >= 11 is 0. The molecule has 0 aliphatic rings. The second-order valence-electron chi connectivity index (χ2n) is 3.60. The first-order chi connectivity index (χ1) is 7.56. The minimum atomic E-state index is -0.367. The van der Waals surface area contributed by atoms with Crippen molar-refractivity contribution < 1.29 is 0 Å². The third-order valence-electron chi connectivity index (χ3n) is 2.05. The van der Waals surface area contributed by atoms with Crippen molar-refractivity contribution in [3.63, 3.8) is 0 Å². The Morgan fingerprint density at radius 1 is 0.938 bits per heavy atom. The predicted octanol–water partition coefficient (Wildman–Crippen LogP) is 4.85. The maximum absolute atomic E-state index is 8.87. The molecule has 1 nitrogen and oxygen atoms in total. The average Bonchev–Trinajstić information content (AvgIpc) is 2.35. The van der Waals surface area contributed by atoms with Crippen molar-refractivity contribution in [3.8, 4) is 6.07 Å². The molecule has 0 aromatic heterocycles. The largest absolute Gasteiger partial charge is 0.197 e. The lowest BCUT2D eigenvalue weighted by Crippen LogP contribution is -2.13. The van der Waals surface area contributed by atoms with E-state index in [1.54, 1.807) is 0 Å². The number of hydrogen-bond acceptors (Lipinski definition) is 1. The third kappa shape index (κ3) is 5.56. The van der Waals surface area contributed by atoms with Crippen LogP contribution in [0.5, 0.6) is 0 Å². The standard InChI is InChI=1S/C11H13N.2C2H6/c1-9-4-6-10(7-5-9)11(2,3)8-12;2*1-2/h4-7H,1-3H3;2*1-2H3. The van der Waals surface area contributed by atoms with Crippen LogP contribution in [0.3, 0.4) is 0 Å². The Morgan fingerprint density at radius 3 is 1.62 bits per heavy atom. The zero-order valence-electron chi connectivity index (χ0n) is 11.8. The van der Waals surface area contributed by atoms with Gasteiger partial charge in [0.1, 0.15) is 0 Å². The van der Waals surface area contributed by atoms with E-state index in [-0.39, 0.29) is 5.41 Å². The molecule has 0 fully saturated rings. The number of nitriles is 1. The summed E-state index contributed by atoms with van der Waals surface area (Å²) in [6, 6.07) is 10.4. The Labute approximate surface area is 101 Å². The first kappa shape index (κ1) is 17.1. The van der Waals surface area contributed by atoms with E-state index in [2.05, 4.69) is 6.07 Å². The van der Waals surface area contributed by atoms with Crippen molar-refractivity contribution in [2.75, 3.05) is 0 Å². The van der Waals surface area contributed by atoms with Gasteiger partial charge < -0.3 is 0 Å². The first-order valence-corrected chi connectivity index (χ1v) is 6.04. The van der Waals surface area contributed by atoms with Gasteiger partial charge in [-0.15, -0.1) is 0 Å². The molecule has 16 heavy (non-hydrogen) atoms. The minimum Gasteiger partial charge on any atom is -0.197 e. The van der Waals surface area contributed by atoms with Crippen LogP contribution in [0.2, 0.25) is 0 Å². The normalized spacial score (nSPS) is 8.88. The van der Waals surface area contributed by atoms with E-state index in [4.69, 9.17) is 5.26 Å². The number of aryl methyl sites for hydroxylation is 1. The van der Waals surface area contributed by atoms with Crippen LogP contribution in [-0.2, 0) is 5.41 Å². The quantitative estimate of drug-likeness (QED) is 0.662. The van der Waals surface area contributed by atoms with Crippen molar-refractivity contribution in [2.45, 2.75) is 53.9 Å². The van der Waals surface area contributed by atoms with E-state index >= 15 is 0 Å². The van der Waals surface area contributed by atoms with E-state index in [1.807, 2.05) is 72.7 Å². The van der Waals surface area contributed by atoms with Crippen LogP contribution in [0.25, 0.3) is 0 Å². The number of hydrogen-bond donors (Lipinski definition) is 0. The van der Waals surface area contributed by atoms with Gasteiger partial charge in [-0.3, -0.25) is 0 Å². The van der Waals surface area contributed by atoms with Gasteiger partial charge in [0.15, 0.2) is 0 Å². The maximum Gasteiger partial charge on any atom is 0.0766 e. The van der Waals surface area contributed by atoms with Gasteiger partial charge in [-0.25, -0.2) is 0 Å². The zero-order valence-corrected chi connectivity index (χ0v) is 11.8. The molecule has 0 bridgehead atoms. The van der Waals surface area contributed by atoms with Gasteiger partial charge in [0.25, 0.3) is 0 Å². The summed E-state index contributed by atoms with van der Waals surface area (Å²) in [4.78, 5) is 0. The summed E-state index contributed by atoms with van der Waals surface area (Å²) in [5, 5.41) is 8.87. The molecule has 1 aromatic carbocycles. The lowest BCUT2D eigenvalue weighted by molar-refractivity contribution is 0.686. The van der Waals surface area contributed by atoms with E-state index in [1.165, 1.54) is 5.56 Å². The Hall–Kier alpha value is -1.29. The first-order valence-electron chi connectivity index (χ1n) is 6.04. The molecular formula is C15H25N. The van der Waals surface area contributed by atoms with Gasteiger partial charge in [-0.05, 0) is 26.3 Å². The van der Waals surface area contributed by atoms with E-state index in [9.17, 15) is 0 Å². The number of rotatable bonds is 1. The molecule has 1 rings (SSSR count). The SMILES string of the molecule is CC.CC.Cc1ccc(C(C)(C)C#N)cc1. The summed E-state index contributed by atoms with van der Waals surface area (Å²) in [6.45, 7) is 13.9. The molecule has 0 unspecified atom stereocenters. The van der Waals surface area contributed by atoms with Crippen LogP contribution in [0.15, 0.2) is 24.3 Å². The fraction of sp³-hybridized carbons (Fsp3) is 0.533. The molecule has 0 spiro atoms. The van der Waals surface area contributed by atoms with Gasteiger partial charge >= 0.3 is 0 Å². The highest BCUT2D eigenvalue weighted by Crippen LogP contribution is 2.21. The van der Waals surface area contributed by atoms with Crippen LogP contribution in [0.4, 0.5) is 0 Å². The van der Waals surface area contributed by atoms with Crippen molar-refractivity contribution >= 4 is 0 Å². The van der Waals surface area contributed by atoms with E-state index < -0.39 is 0 Å². The average molecular weight is 219 g/mol. The predicted molar refractivity (Wildman–Crippen MR) is 72.5 cm³/mol. The molecule has 0 saturated carbocycles. The lowest BCUT2D eigenvalue weighted by atomic mass is 9.86. The summed E-state index contributed by atoms with van der Waals surface area (Å²) in [7, 11) is 0. The monoisotopic (exact) mass is 219 g/mol. The molecule has 0 heterocycles. The summed E-state index contributed by atoms with van der Waals surface area (Å²) < 4.78 is 0. The summed E-state index contributed by atoms with van der Waals surface area (Å²) in [5.41, 5.74) is 1.94. The molecule has 1 aromatic rings. The summed E-state index contributed by atoms with van der Waals surface area (Å²) in [5.74, 6) is 0. The fourth-order valence-corrected chi connectivity index (χ4v) is 1.03. The van der Waals surface area contributed by atoms with Gasteiger partial charge in [0.2, 0.25) is 0 Å². The molecule has 0 amide bonds. The van der Waals surface area contributed by atoms with Crippen molar-refractivity contribution in [1.82, 2.24) is 0 Å². The van der Waals surface area contributed by atoms with Crippen LogP contribution < -0.4 is 0 Å². The highest BCUT2D eigenvalue weighted by atomic mass is 14.3. The molecule has 0 aliphatic carbocycles. The highest BCUT2D eigenvalue weighted by molar-refractivity contribution is 5.32. The van der Waals surface area contributed by atoms with Crippen LogP contribution in [0.1, 0.15) is 52.7 Å². The van der Waals surface area contributed by atoms with Crippen molar-refractivity contribution in [3.05, 3.63) is 35.4 Å². The van der Waals surface area contributed by atoms with E-state index in [0.29, 0.717) is 0 Å². The van der Waals surface area contributed by atoms with Crippen molar-refractivity contribution in [1.29, 1.82) is 5.26 Å². The Morgan fingerprint density at radius 2 is 1.31 bits per heavy atom. The van der Waals surface area contributed by atoms with Crippen molar-refractivity contribution in [2.24, 2.45) is 0 Å². The Kier molecular flexibility index (Phi) is 9.60. The number of benzene rings is 1. The fourth-order valence-electron chi connectivity index (χ4n) is 1.03. The highest BCUT2D eigenvalue weighted by Gasteiger charge is 2.18. The van der Waals surface area contributed by atoms with E-state index in [0.717, 1.165) is 5.56 Å². The smallest absolute Gasteiger partial charge is 0.0766 e. The van der Waals surface area contributed by atoms with Gasteiger partial charge in [-0.1, -0.05) is 57.5 Å².